The zero-order valence-electron chi connectivity index (χ0n) is 36.6. The molecule has 2 radical (unpaired) electrons. The molecule has 306 valence electrons. The molecule has 0 saturated heterocycles. The Bertz CT molecular complexity index is 2480. The van der Waals surface area contributed by atoms with Crippen molar-refractivity contribution in [2.45, 2.75) is 78.6 Å². The first kappa shape index (κ1) is 46.3. The van der Waals surface area contributed by atoms with Gasteiger partial charge in [-0.1, -0.05) is 216 Å². The molecular weight excluding hydrogens is 875 g/mol. The molecule has 8 aromatic rings. The van der Waals surface area contributed by atoms with Gasteiger partial charge in [-0.3, -0.25) is 0 Å². The molecule has 0 spiro atoms. The summed E-state index contributed by atoms with van der Waals surface area (Å²) in [5.41, 5.74) is 15.3. The standard InChI is InChI=1S/C24H21.C21H25.C12H10Si.2ClH.Zr/c1-2-7-18-16-22-10-6-11-23(24(22)17-18)21-14-12-20(13-15-21)19-8-4-3-5-9-19;1-20(2,3)16-7-9-18-14(12-16)11-15-13-17(21(4,5)6)8-10-19(15)18;1-3-7-11(8-4-1)13-12-9-5-2-6-10-12;;;/h3-6,8-17H,2,7H2,1H3;7-10,12H,11H2,1-6H3;1-10H;2*1H;/q2*-1;;;;+4/p-2. The van der Waals surface area contributed by atoms with Crippen molar-refractivity contribution in [3.63, 3.8) is 0 Å². The molecule has 9 rings (SSSR count). The Kier molecular flexibility index (Phi) is 16.5. The fourth-order valence-corrected chi connectivity index (χ4v) is 8.74. The van der Waals surface area contributed by atoms with E-state index in [0.717, 1.165) is 22.4 Å². The second kappa shape index (κ2) is 21.8. The Morgan fingerprint density at radius 1 is 0.574 bits per heavy atom. The minimum atomic E-state index is -0.826. The molecule has 0 aromatic heterocycles. The molecule has 0 atom stereocenters. The molecule has 8 aromatic carbocycles. The molecule has 1 aliphatic carbocycles. The van der Waals surface area contributed by atoms with Crippen LogP contribution in [0.5, 0.6) is 0 Å². The maximum atomic E-state index is 4.93. The van der Waals surface area contributed by atoms with Crippen LogP contribution >= 0.6 is 17.0 Å². The van der Waals surface area contributed by atoms with Gasteiger partial charge in [0.1, 0.15) is 9.52 Å². The number of hydrogen-bond donors (Lipinski definition) is 0. The van der Waals surface area contributed by atoms with Crippen LogP contribution in [0.25, 0.3) is 44.2 Å². The summed E-state index contributed by atoms with van der Waals surface area (Å²) in [6.45, 7) is 15.8. The monoisotopic (exact) mass is 928 g/mol. The Morgan fingerprint density at radius 2 is 1.13 bits per heavy atom. The maximum Gasteiger partial charge on any atom is 0.121 e. The molecule has 0 heterocycles. The average molecular weight is 931 g/mol. The van der Waals surface area contributed by atoms with Gasteiger partial charge in [-0.15, -0.1) is 45.7 Å². The normalized spacial score (nSPS) is 11.4. The van der Waals surface area contributed by atoms with Crippen LogP contribution < -0.4 is 10.4 Å². The van der Waals surface area contributed by atoms with Crippen LogP contribution in [0, 0.1) is 6.07 Å². The zero-order chi connectivity index (χ0) is 43.4. The summed E-state index contributed by atoms with van der Waals surface area (Å²) in [6.07, 6.45) is 3.37. The molecule has 0 aliphatic heterocycles. The van der Waals surface area contributed by atoms with Gasteiger partial charge in [0.25, 0.3) is 0 Å². The van der Waals surface area contributed by atoms with E-state index >= 15 is 0 Å². The number of benzene rings is 7. The molecule has 4 heteroatoms. The van der Waals surface area contributed by atoms with E-state index in [4.69, 9.17) is 17.0 Å². The van der Waals surface area contributed by atoms with E-state index in [2.05, 4.69) is 230 Å². The van der Waals surface area contributed by atoms with Crippen molar-refractivity contribution in [2.24, 2.45) is 0 Å². The number of fused-ring (bicyclic) bond motifs is 4. The minimum Gasteiger partial charge on any atom is -0.0631 e. The summed E-state index contributed by atoms with van der Waals surface area (Å²) < 4.78 is 0. The molecule has 0 amide bonds. The van der Waals surface area contributed by atoms with Crippen molar-refractivity contribution in [1.29, 1.82) is 0 Å². The Balaban J connectivity index is 0.000000154. The minimum absolute atomic E-state index is 0.167. The first-order chi connectivity index (χ1) is 29.4. The van der Waals surface area contributed by atoms with Crippen LogP contribution in [-0.2, 0) is 44.5 Å². The predicted octanol–water partition coefficient (Wildman–Crippen LogP) is 15.2. The van der Waals surface area contributed by atoms with Crippen LogP contribution in [0.4, 0.5) is 0 Å². The van der Waals surface area contributed by atoms with Crippen molar-refractivity contribution in [3.8, 4) is 33.4 Å². The summed E-state index contributed by atoms with van der Waals surface area (Å²) in [5, 5.41) is 5.51. The van der Waals surface area contributed by atoms with Gasteiger partial charge in [0.2, 0.25) is 0 Å². The second-order valence-electron chi connectivity index (χ2n) is 17.6. The Morgan fingerprint density at radius 3 is 1.70 bits per heavy atom. The first-order valence-electron chi connectivity index (χ1n) is 21.2. The van der Waals surface area contributed by atoms with E-state index in [0.29, 0.717) is 0 Å². The quantitative estimate of drug-likeness (QED) is 0.115. The first-order valence-corrected chi connectivity index (χ1v) is 28.6. The fourth-order valence-electron chi connectivity index (χ4n) is 7.69. The molecule has 1 aliphatic rings. The van der Waals surface area contributed by atoms with Crippen LogP contribution in [-0.4, -0.2) is 9.52 Å². The molecule has 0 nitrogen and oxygen atoms in total. The van der Waals surface area contributed by atoms with Gasteiger partial charge >= 0.3 is 37.9 Å². The van der Waals surface area contributed by atoms with Crippen molar-refractivity contribution >= 4 is 47.7 Å². The zero-order valence-corrected chi connectivity index (χ0v) is 41.6. The number of halogens is 2. The smallest absolute Gasteiger partial charge is 0.0631 e. The van der Waals surface area contributed by atoms with Crippen LogP contribution in [0.2, 0.25) is 0 Å². The topological polar surface area (TPSA) is 0 Å². The van der Waals surface area contributed by atoms with Gasteiger partial charge in [0, 0.05) is 0 Å². The van der Waals surface area contributed by atoms with Gasteiger partial charge in [0.15, 0.2) is 0 Å². The average Bonchev–Trinajstić information content (AvgIpc) is 3.85. The molecule has 0 N–H and O–H groups in total. The molecule has 61 heavy (non-hydrogen) atoms. The van der Waals surface area contributed by atoms with Crippen LogP contribution in [0.1, 0.15) is 82.7 Å². The third kappa shape index (κ3) is 12.7. The van der Waals surface area contributed by atoms with Crippen molar-refractivity contribution in [2.75, 3.05) is 0 Å². The van der Waals surface area contributed by atoms with E-state index in [9.17, 15) is 0 Å². The molecule has 0 unspecified atom stereocenters. The van der Waals surface area contributed by atoms with Crippen LogP contribution in [0.3, 0.4) is 0 Å². The van der Waals surface area contributed by atoms with Gasteiger partial charge in [-0.25, -0.2) is 0 Å². The SMILES string of the molecule is CC(C)(C)c1[c-]c2c(cc1)-c1ccc(C(C)(C)C)cc1C2.CCCc1cc2c(-c3ccc(-c4ccccc4)cc3)cccc2[cH-]1.[Cl][Zr+2][Cl].c1ccc([Si]c2ccccc2)cc1. The Hall–Kier alpha value is -4.17. The molecular formula is C57H56Cl2SiZr. The predicted molar refractivity (Wildman–Crippen MR) is 265 cm³/mol. The van der Waals surface area contributed by atoms with Crippen molar-refractivity contribution in [1.82, 2.24) is 0 Å². The van der Waals surface area contributed by atoms with E-state index in [1.807, 2.05) is 0 Å². The van der Waals surface area contributed by atoms with Gasteiger partial charge in [-0.05, 0) is 51.5 Å². The van der Waals surface area contributed by atoms with E-state index in [1.54, 1.807) is 0 Å². The van der Waals surface area contributed by atoms with Gasteiger partial charge in [-0.2, -0.15) is 29.8 Å². The van der Waals surface area contributed by atoms with Gasteiger partial charge < -0.3 is 0 Å². The summed E-state index contributed by atoms with van der Waals surface area (Å²) in [6, 6.07) is 67.1. The van der Waals surface area contributed by atoms with Gasteiger partial charge in [0.05, 0.1) is 0 Å². The number of aryl methyl sites for hydroxylation is 1. The van der Waals surface area contributed by atoms with Crippen molar-refractivity contribution < 1.29 is 20.8 Å². The van der Waals surface area contributed by atoms with E-state index in [1.165, 1.54) is 88.8 Å². The third-order valence-electron chi connectivity index (χ3n) is 11.0. The molecule has 0 bridgehead atoms. The second-order valence-corrected chi connectivity index (χ2v) is 22.7. The summed E-state index contributed by atoms with van der Waals surface area (Å²) in [4.78, 5) is 0. The molecule has 0 saturated carbocycles. The molecule has 0 fully saturated rings. The third-order valence-corrected chi connectivity index (χ3v) is 12.2. The van der Waals surface area contributed by atoms with Crippen LogP contribution in [0.15, 0.2) is 176 Å². The van der Waals surface area contributed by atoms with Crippen molar-refractivity contribution in [3.05, 3.63) is 210 Å². The van der Waals surface area contributed by atoms with E-state index < -0.39 is 20.8 Å². The Labute approximate surface area is 387 Å². The summed E-state index contributed by atoms with van der Waals surface area (Å²) in [7, 11) is 10.6. The maximum absolute atomic E-state index is 4.93. The summed E-state index contributed by atoms with van der Waals surface area (Å²) in [5.74, 6) is 0. The summed E-state index contributed by atoms with van der Waals surface area (Å²) >= 11 is -0.826. The number of rotatable bonds is 6. The van der Waals surface area contributed by atoms with E-state index in [-0.39, 0.29) is 10.8 Å². The number of hydrogen-bond acceptors (Lipinski definition) is 0. The largest absolute Gasteiger partial charge is 0.121 e. The fraction of sp³-hybridized carbons (Fsp3) is 0.211.